The molecule has 0 atom stereocenters. The SMILES string of the molecule is COc1ccc(CCCN(C)C)cc1OC(F)(F)F. The lowest BCUT2D eigenvalue weighted by molar-refractivity contribution is -0.275. The van der Waals surface area contributed by atoms with Gasteiger partial charge in [0.2, 0.25) is 0 Å². The lowest BCUT2D eigenvalue weighted by atomic mass is 10.1. The average Bonchev–Trinajstić information content (AvgIpc) is 2.26. The van der Waals surface area contributed by atoms with Crippen molar-refractivity contribution in [3.05, 3.63) is 23.8 Å². The number of nitrogens with zero attached hydrogens (tertiary/aromatic N) is 1. The van der Waals surface area contributed by atoms with E-state index in [1.165, 1.54) is 19.2 Å². The number of rotatable bonds is 6. The van der Waals surface area contributed by atoms with E-state index in [0.717, 1.165) is 18.5 Å². The molecular weight excluding hydrogens is 259 g/mol. The Hall–Kier alpha value is -1.43. The second-order valence-electron chi connectivity index (χ2n) is 4.44. The third-order valence-electron chi connectivity index (χ3n) is 2.52. The minimum Gasteiger partial charge on any atom is -0.493 e. The van der Waals surface area contributed by atoms with Crippen molar-refractivity contribution in [3.8, 4) is 11.5 Å². The van der Waals surface area contributed by atoms with Gasteiger partial charge >= 0.3 is 6.36 Å². The first-order valence-corrected chi connectivity index (χ1v) is 5.89. The molecule has 0 bridgehead atoms. The normalized spacial score (nSPS) is 11.7. The standard InChI is InChI=1S/C13H18F3NO2/c1-17(2)8-4-5-10-6-7-11(18-3)12(9-10)19-13(14,15)16/h6-7,9H,4-5,8H2,1-3H3. The largest absolute Gasteiger partial charge is 0.573 e. The van der Waals surface area contributed by atoms with Crippen molar-refractivity contribution in [2.45, 2.75) is 19.2 Å². The maximum Gasteiger partial charge on any atom is 0.573 e. The van der Waals surface area contributed by atoms with Crippen molar-refractivity contribution < 1.29 is 22.6 Å². The van der Waals surface area contributed by atoms with Crippen LogP contribution in [-0.4, -0.2) is 39.0 Å². The van der Waals surface area contributed by atoms with Crippen molar-refractivity contribution >= 4 is 0 Å². The molecule has 0 saturated carbocycles. The number of hydrogen-bond donors (Lipinski definition) is 0. The zero-order valence-corrected chi connectivity index (χ0v) is 11.3. The first kappa shape index (κ1) is 15.6. The van der Waals surface area contributed by atoms with Crippen LogP contribution < -0.4 is 9.47 Å². The second kappa shape index (κ2) is 6.65. The molecule has 0 aliphatic heterocycles. The summed E-state index contributed by atoms with van der Waals surface area (Å²) in [5.74, 6) is -0.217. The third-order valence-corrected chi connectivity index (χ3v) is 2.52. The maximum atomic E-state index is 12.3. The van der Waals surface area contributed by atoms with Crippen LogP contribution >= 0.6 is 0 Å². The first-order chi connectivity index (χ1) is 8.81. The minimum atomic E-state index is -4.71. The Bertz CT molecular complexity index is 405. The fourth-order valence-corrected chi connectivity index (χ4v) is 1.68. The van der Waals surface area contributed by atoms with Crippen molar-refractivity contribution in [1.82, 2.24) is 4.90 Å². The van der Waals surface area contributed by atoms with E-state index in [2.05, 4.69) is 4.74 Å². The molecule has 0 spiro atoms. The van der Waals surface area contributed by atoms with Crippen LogP contribution in [0.4, 0.5) is 13.2 Å². The monoisotopic (exact) mass is 277 g/mol. The van der Waals surface area contributed by atoms with Crippen LogP contribution in [-0.2, 0) is 6.42 Å². The summed E-state index contributed by atoms with van der Waals surface area (Å²) in [6, 6.07) is 4.62. The molecular formula is C13H18F3NO2. The summed E-state index contributed by atoms with van der Waals surface area (Å²) in [6.45, 7) is 0.876. The summed E-state index contributed by atoms with van der Waals surface area (Å²) < 4.78 is 45.6. The first-order valence-electron chi connectivity index (χ1n) is 5.89. The summed E-state index contributed by atoms with van der Waals surface area (Å²) >= 11 is 0. The molecule has 0 radical (unpaired) electrons. The average molecular weight is 277 g/mol. The van der Waals surface area contributed by atoms with Gasteiger partial charge in [0.15, 0.2) is 11.5 Å². The fraction of sp³-hybridized carbons (Fsp3) is 0.538. The fourth-order valence-electron chi connectivity index (χ4n) is 1.68. The molecule has 0 saturated heterocycles. The smallest absolute Gasteiger partial charge is 0.493 e. The van der Waals surface area contributed by atoms with Gasteiger partial charge in [-0.15, -0.1) is 13.2 Å². The quantitative estimate of drug-likeness (QED) is 0.797. The molecule has 0 amide bonds. The van der Waals surface area contributed by atoms with Gasteiger partial charge in [-0.25, -0.2) is 0 Å². The molecule has 3 nitrogen and oxygen atoms in total. The number of ether oxygens (including phenoxy) is 2. The highest BCUT2D eigenvalue weighted by atomic mass is 19.4. The van der Waals surface area contributed by atoms with Crippen molar-refractivity contribution in [2.75, 3.05) is 27.7 Å². The Morgan fingerprint density at radius 3 is 2.37 bits per heavy atom. The van der Waals surface area contributed by atoms with Crippen molar-refractivity contribution in [3.63, 3.8) is 0 Å². The summed E-state index contributed by atoms with van der Waals surface area (Å²) in [7, 11) is 5.21. The van der Waals surface area contributed by atoms with E-state index in [1.54, 1.807) is 6.07 Å². The van der Waals surface area contributed by atoms with E-state index >= 15 is 0 Å². The van der Waals surface area contributed by atoms with Gasteiger partial charge in [-0.1, -0.05) is 6.07 Å². The molecule has 1 aromatic rings. The molecule has 0 aliphatic rings. The summed E-state index contributed by atoms with van der Waals surface area (Å²) in [6.07, 6.45) is -3.16. The number of benzene rings is 1. The zero-order valence-electron chi connectivity index (χ0n) is 11.3. The highest BCUT2D eigenvalue weighted by Crippen LogP contribution is 2.33. The highest BCUT2D eigenvalue weighted by Gasteiger charge is 2.32. The molecule has 19 heavy (non-hydrogen) atoms. The minimum absolute atomic E-state index is 0.0775. The molecule has 0 fully saturated rings. The Morgan fingerprint density at radius 1 is 1.16 bits per heavy atom. The predicted octanol–water partition coefficient (Wildman–Crippen LogP) is 3.09. The van der Waals surface area contributed by atoms with Crippen LogP contribution in [0.2, 0.25) is 0 Å². The Balaban J connectivity index is 2.77. The number of halogens is 3. The lowest BCUT2D eigenvalue weighted by Crippen LogP contribution is -2.18. The van der Waals surface area contributed by atoms with E-state index in [4.69, 9.17) is 4.74 Å². The van der Waals surface area contributed by atoms with E-state index in [0.29, 0.717) is 6.42 Å². The van der Waals surface area contributed by atoms with Crippen LogP contribution in [0.1, 0.15) is 12.0 Å². The molecule has 0 heterocycles. The van der Waals surface area contributed by atoms with Gasteiger partial charge in [0, 0.05) is 0 Å². The zero-order chi connectivity index (χ0) is 14.5. The molecule has 1 rings (SSSR count). The van der Waals surface area contributed by atoms with Gasteiger partial charge in [-0.2, -0.15) is 0 Å². The van der Waals surface area contributed by atoms with E-state index in [-0.39, 0.29) is 11.5 Å². The Kier molecular flexibility index (Phi) is 5.47. The van der Waals surface area contributed by atoms with Crippen molar-refractivity contribution in [1.29, 1.82) is 0 Å². The lowest BCUT2D eigenvalue weighted by Gasteiger charge is -2.14. The number of hydrogen-bond acceptors (Lipinski definition) is 3. The van der Waals surface area contributed by atoms with Crippen LogP contribution in [0, 0.1) is 0 Å². The molecule has 1 aromatic carbocycles. The van der Waals surface area contributed by atoms with E-state index in [9.17, 15) is 13.2 Å². The van der Waals surface area contributed by atoms with Crippen LogP contribution in [0.5, 0.6) is 11.5 Å². The maximum absolute atomic E-state index is 12.3. The molecule has 108 valence electrons. The van der Waals surface area contributed by atoms with Crippen LogP contribution in [0.3, 0.4) is 0 Å². The number of alkyl halides is 3. The highest BCUT2D eigenvalue weighted by molar-refractivity contribution is 5.43. The van der Waals surface area contributed by atoms with E-state index in [1.807, 2.05) is 19.0 Å². The Morgan fingerprint density at radius 2 is 1.84 bits per heavy atom. The summed E-state index contributed by atoms with van der Waals surface area (Å²) in [5, 5.41) is 0. The second-order valence-corrected chi connectivity index (χ2v) is 4.44. The summed E-state index contributed by atoms with van der Waals surface area (Å²) in [5.41, 5.74) is 0.793. The number of aryl methyl sites for hydroxylation is 1. The molecule has 0 aliphatic carbocycles. The topological polar surface area (TPSA) is 21.7 Å². The molecule has 0 aromatic heterocycles. The number of methoxy groups -OCH3 is 1. The van der Waals surface area contributed by atoms with Gasteiger partial charge in [0.1, 0.15) is 0 Å². The molecule has 0 unspecified atom stereocenters. The van der Waals surface area contributed by atoms with E-state index < -0.39 is 6.36 Å². The van der Waals surface area contributed by atoms with Crippen molar-refractivity contribution in [2.24, 2.45) is 0 Å². The third kappa shape index (κ3) is 5.83. The van der Waals surface area contributed by atoms with Gasteiger partial charge < -0.3 is 14.4 Å². The van der Waals surface area contributed by atoms with Gasteiger partial charge in [-0.05, 0) is 51.2 Å². The van der Waals surface area contributed by atoms with Gasteiger partial charge in [0.25, 0.3) is 0 Å². The van der Waals surface area contributed by atoms with Gasteiger partial charge in [0.05, 0.1) is 7.11 Å². The molecule has 0 N–H and O–H groups in total. The molecule has 6 heteroatoms. The van der Waals surface area contributed by atoms with Crippen LogP contribution in [0.25, 0.3) is 0 Å². The van der Waals surface area contributed by atoms with Gasteiger partial charge in [-0.3, -0.25) is 0 Å². The van der Waals surface area contributed by atoms with Crippen LogP contribution in [0.15, 0.2) is 18.2 Å². The Labute approximate surface area is 110 Å². The predicted molar refractivity (Wildman–Crippen MR) is 66.6 cm³/mol. The summed E-state index contributed by atoms with van der Waals surface area (Å²) in [4.78, 5) is 2.02.